The molecule has 7 heteroatoms. The van der Waals surface area contributed by atoms with Crippen LogP contribution in [-0.4, -0.2) is 37.7 Å². The molecule has 2 aromatic rings. The van der Waals surface area contributed by atoms with Crippen LogP contribution < -0.4 is 25.4 Å². The highest BCUT2D eigenvalue weighted by Gasteiger charge is 2.26. The standard InChI is InChI=1S/C20H23N3O4/c1-2-21-20(25)23-19(24)18(14-8-4-3-5-9-14)22-12-15-13-26-16-10-6-7-11-17(16)27-15/h3-11,15,18,22H,2,12-13H2,1H3,(H2,21,23,24,25)/t15-,18-/m0/s1. The molecular weight excluding hydrogens is 346 g/mol. The number of hydrogen-bond donors (Lipinski definition) is 3. The smallest absolute Gasteiger partial charge is 0.321 e. The summed E-state index contributed by atoms with van der Waals surface area (Å²) in [6, 6.07) is 15.5. The highest BCUT2D eigenvalue weighted by molar-refractivity contribution is 5.97. The molecule has 0 aliphatic carbocycles. The van der Waals surface area contributed by atoms with E-state index in [1.807, 2.05) is 54.6 Å². The SMILES string of the molecule is CCNC(=O)NC(=O)[C@@H](NC[C@H]1COc2ccccc2O1)c1ccccc1. The lowest BCUT2D eigenvalue weighted by Gasteiger charge is -2.28. The Labute approximate surface area is 158 Å². The second-order valence-corrected chi connectivity index (χ2v) is 6.10. The number of nitrogens with one attached hydrogen (secondary N) is 3. The predicted octanol–water partition coefficient (Wildman–Crippen LogP) is 2.00. The van der Waals surface area contributed by atoms with Crippen molar-refractivity contribution in [2.24, 2.45) is 0 Å². The third-order valence-corrected chi connectivity index (χ3v) is 4.09. The van der Waals surface area contributed by atoms with E-state index in [-0.39, 0.29) is 6.10 Å². The molecule has 3 N–H and O–H groups in total. The fourth-order valence-electron chi connectivity index (χ4n) is 2.81. The number of urea groups is 1. The maximum Gasteiger partial charge on any atom is 0.321 e. The number of rotatable bonds is 6. The Kier molecular flexibility index (Phi) is 6.27. The molecule has 3 amide bonds. The van der Waals surface area contributed by atoms with Crippen molar-refractivity contribution >= 4 is 11.9 Å². The number of fused-ring (bicyclic) bond motifs is 1. The number of carbonyl (C=O) groups is 2. The van der Waals surface area contributed by atoms with Gasteiger partial charge in [0.25, 0.3) is 0 Å². The van der Waals surface area contributed by atoms with Gasteiger partial charge in [-0.1, -0.05) is 42.5 Å². The summed E-state index contributed by atoms with van der Waals surface area (Å²) in [5.74, 6) is 0.963. The van der Waals surface area contributed by atoms with Crippen molar-refractivity contribution in [3.8, 4) is 11.5 Å². The largest absolute Gasteiger partial charge is 0.486 e. The number of para-hydroxylation sites is 2. The minimum atomic E-state index is -0.686. The molecule has 0 spiro atoms. The minimum Gasteiger partial charge on any atom is -0.486 e. The van der Waals surface area contributed by atoms with E-state index in [0.717, 1.165) is 5.56 Å². The quantitative estimate of drug-likeness (QED) is 0.725. The summed E-state index contributed by atoms with van der Waals surface area (Å²) in [6.45, 7) is 2.99. The van der Waals surface area contributed by atoms with Gasteiger partial charge in [-0.3, -0.25) is 15.4 Å². The topological polar surface area (TPSA) is 88.7 Å². The molecule has 2 aromatic carbocycles. The van der Waals surface area contributed by atoms with Crippen LogP contribution in [0.5, 0.6) is 11.5 Å². The predicted molar refractivity (Wildman–Crippen MR) is 101 cm³/mol. The molecule has 0 bridgehead atoms. The molecule has 0 unspecified atom stereocenters. The van der Waals surface area contributed by atoms with Crippen molar-refractivity contribution in [2.45, 2.75) is 19.1 Å². The van der Waals surface area contributed by atoms with Crippen LogP contribution in [0.3, 0.4) is 0 Å². The summed E-state index contributed by atoms with van der Waals surface area (Å²) in [5, 5.41) is 8.10. The first kappa shape index (κ1) is 18.7. The van der Waals surface area contributed by atoms with Crippen molar-refractivity contribution in [2.75, 3.05) is 19.7 Å². The summed E-state index contributed by atoms with van der Waals surface area (Å²) in [5.41, 5.74) is 0.761. The van der Waals surface area contributed by atoms with Crippen molar-refractivity contribution < 1.29 is 19.1 Å². The Hall–Kier alpha value is -3.06. The Morgan fingerprint density at radius 3 is 2.52 bits per heavy atom. The molecule has 0 saturated heterocycles. The molecule has 1 aliphatic heterocycles. The Bertz CT molecular complexity index is 782. The molecule has 2 atom stereocenters. The molecule has 142 valence electrons. The summed E-state index contributed by atoms with van der Waals surface area (Å²) in [6.07, 6.45) is -0.247. The molecular formula is C20H23N3O4. The molecule has 1 heterocycles. The zero-order valence-electron chi connectivity index (χ0n) is 15.1. The van der Waals surface area contributed by atoms with Crippen LogP contribution in [0.15, 0.2) is 54.6 Å². The maximum absolute atomic E-state index is 12.6. The van der Waals surface area contributed by atoms with E-state index in [0.29, 0.717) is 31.2 Å². The van der Waals surface area contributed by atoms with Gasteiger partial charge in [-0.25, -0.2) is 4.79 Å². The molecule has 1 aliphatic rings. The number of ether oxygens (including phenoxy) is 2. The highest BCUT2D eigenvalue weighted by atomic mass is 16.6. The van der Waals surface area contributed by atoms with Crippen LogP contribution in [-0.2, 0) is 4.79 Å². The average Bonchev–Trinajstić information content (AvgIpc) is 2.69. The van der Waals surface area contributed by atoms with Gasteiger partial charge in [-0.05, 0) is 24.6 Å². The van der Waals surface area contributed by atoms with Gasteiger partial charge in [0, 0.05) is 13.1 Å². The molecule has 0 fully saturated rings. The van der Waals surface area contributed by atoms with Crippen LogP contribution in [0.25, 0.3) is 0 Å². The summed E-state index contributed by atoms with van der Waals surface area (Å²) < 4.78 is 11.6. The van der Waals surface area contributed by atoms with Crippen LogP contribution in [0.2, 0.25) is 0 Å². The zero-order chi connectivity index (χ0) is 19.1. The Balaban J connectivity index is 1.65. The fourth-order valence-corrected chi connectivity index (χ4v) is 2.81. The lowest BCUT2D eigenvalue weighted by atomic mass is 10.1. The van der Waals surface area contributed by atoms with Gasteiger partial charge in [-0.2, -0.15) is 0 Å². The van der Waals surface area contributed by atoms with E-state index in [9.17, 15) is 9.59 Å². The van der Waals surface area contributed by atoms with E-state index in [4.69, 9.17) is 9.47 Å². The second kappa shape index (κ2) is 9.05. The molecule has 0 saturated carbocycles. The van der Waals surface area contributed by atoms with Crippen molar-refractivity contribution in [1.82, 2.24) is 16.0 Å². The van der Waals surface area contributed by atoms with Gasteiger partial charge < -0.3 is 14.8 Å². The van der Waals surface area contributed by atoms with E-state index >= 15 is 0 Å². The average molecular weight is 369 g/mol. The summed E-state index contributed by atoms with van der Waals surface area (Å²) in [4.78, 5) is 24.3. The lowest BCUT2D eigenvalue weighted by molar-refractivity contribution is -0.122. The maximum atomic E-state index is 12.6. The number of benzene rings is 2. The van der Waals surface area contributed by atoms with E-state index in [1.165, 1.54) is 0 Å². The van der Waals surface area contributed by atoms with Crippen molar-refractivity contribution in [3.63, 3.8) is 0 Å². The third-order valence-electron chi connectivity index (χ3n) is 4.09. The molecule has 7 nitrogen and oxygen atoms in total. The first-order valence-electron chi connectivity index (χ1n) is 8.93. The van der Waals surface area contributed by atoms with Crippen LogP contribution in [0.1, 0.15) is 18.5 Å². The van der Waals surface area contributed by atoms with Gasteiger partial charge in [0.15, 0.2) is 11.5 Å². The molecule has 27 heavy (non-hydrogen) atoms. The van der Waals surface area contributed by atoms with Crippen molar-refractivity contribution in [3.05, 3.63) is 60.2 Å². The van der Waals surface area contributed by atoms with Crippen LogP contribution in [0.4, 0.5) is 4.79 Å². The molecule has 0 radical (unpaired) electrons. The zero-order valence-corrected chi connectivity index (χ0v) is 15.1. The Morgan fingerprint density at radius 1 is 1.07 bits per heavy atom. The monoisotopic (exact) mass is 369 g/mol. The fraction of sp³-hybridized carbons (Fsp3) is 0.300. The van der Waals surface area contributed by atoms with Crippen molar-refractivity contribution in [1.29, 1.82) is 0 Å². The number of hydrogen-bond acceptors (Lipinski definition) is 5. The van der Waals surface area contributed by atoms with E-state index in [2.05, 4.69) is 16.0 Å². The Morgan fingerprint density at radius 2 is 1.78 bits per heavy atom. The number of carbonyl (C=O) groups excluding carboxylic acids is 2. The first-order chi connectivity index (χ1) is 13.2. The minimum absolute atomic E-state index is 0.247. The van der Waals surface area contributed by atoms with E-state index < -0.39 is 18.0 Å². The number of amides is 3. The first-order valence-corrected chi connectivity index (χ1v) is 8.93. The van der Waals surface area contributed by atoms with Gasteiger partial charge in [0.2, 0.25) is 5.91 Å². The second-order valence-electron chi connectivity index (χ2n) is 6.10. The summed E-state index contributed by atoms with van der Waals surface area (Å²) >= 11 is 0. The van der Waals surface area contributed by atoms with Crippen LogP contribution in [0, 0.1) is 0 Å². The van der Waals surface area contributed by atoms with Gasteiger partial charge in [0.05, 0.1) is 0 Å². The molecule has 3 rings (SSSR count). The molecule has 0 aromatic heterocycles. The van der Waals surface area contributed by atoms with Gasteiger partial charge in [0.1, 0.15) is 18.8 Å². The lowest BCUT2D eigenvalue weighted by Crippen LogP contribution is -2.47. The third kappa shape index (κ3) is 4.98. The van der Waals surface area contributed by atoms with Crippen LogP contribution >= 0.6 is 0 Å². The van der Waals surface area contributed by atoms with Gasteiger partial charge >= 0.3 is 6.03 Å². The van der Waals surface area contributed by atoms with E-state index in [1.54, 1.807) is 6.92 Å². The highest BCUT2D eigenvalue weighted by Crippen LogP contribution is 2.30. The normalized spacial score (nSPS) is 16.3. The van der Waals surface area contributed by atoms with Gasteiger partial charge in [-0.15, -0.1) is 0 Å². The number of imide groups is 1. The summed E-state index contributed by atoms with van der Waals surface area (Å²) in [7, 11) is 0.